The fraction of sp³-hybridized carbons (Fsp3) is 0.348. The predicted octanol–water partition coefficient (Wildman–Crippen LogP) is 5.93. The predicted molar refractivity (Wildman–Crippen MR) is 119 cm³/mol. The van der Waals surface area contributed by atoms with Crippen LogP contribution >= 0.6 is 11.8 Å². The summed E-state index contributed by atoms with van der Waals surface area (Å²) in [5, 5.41) is 10.7. The van der Waals surface area contributed by atoms with E-state index in [9.17, 15) is 5.11 Å². The summed E-state index contributed by atoms with van der Waals surface area (Å²) in [5.74, 6) is 1.51. The van der Waals surface area contributed by atoms with Crippen molar-refractivity contribution >= 4 is 23.7 Å². The van der Waals surface area contributed by atoms with Crippen LogP contribution in [0.3, 0.4) is 0 Å². The number of fused-ring (bicyclic) bond motifs is 1. The minimum Gasteiger partial charge on any atom is -0.508 e. The van der Waals surface area contributed by atoms with Crippen molar-refractivity contribution in [2.24, 2.45) is 10.7 Å². The number of aromatic hydroxyl groups is 1. The third-order valence-corrected chi connectivity index (χ3v) is 5.66. The van der Waals surface area contributed by atoms with Gasteiger partial charge in [0.2, 0.25) is 0 Å². The first-order chi connectivity index (χ1) is 13.2. The van der Waals surface area contributed by atoms with Gasteiger partial charge in [0.25, 0.3) is 0 Å². The molecule has 3 rings (SSSR count). The van der Waals surface area contributed by atoms with Crippen molar-refractivity contribution in [3.05, 3.63) is 70.8 Å². The number of phenols is 1. The van der Waals surface area contributed by atoms with Gasteiger partial charge in [-0.1, -0.05) is 69.3 Å². The Morgan fingerprint density at radius 3 is 2.74 bits per heavy atom. The molecule has 4 heteroatoms. The average molecular weight is 383 g/mol. The van der Waals surface area contributed by atoms with Gasteiger partial charge in [0.15, 0.2) is 0 Å². The van der Waals surface area contributed by atoms with E-state index in [1.54, 1.807) is 6.07 Å². The second-order valence-corrected chi connectivity index (χ2v) is 7.33. The monoisotopic (exact) mass is 382 g/mol. The number of nitrogens with two attached hydrogens (primary N) is 1. The second-order valence-electron chi connectivity index (χ2n) is 6.14. The number of aliphatic imine (C=N–C) groups is 1. The molecule has 0 amide bonds. The first-order valence-corrected chi connectivity index (χ1v) is 10.7. The number of benzene rings is 2. The lowest BCUT2D eigenvalue weighted by atomic mass is 9.97. The van der Waals surface area contributed by atoms with E-state index in [0.29, 0.717) is 29.1 Å². The summed E-state index contributed by atoms with van der Waals surface area (Å²) < 4.78 is 0. The van der Waals surface area contributed by atoms with Gasteiger partial charge in [0.05, 0.1) is 0 Å². The number of thioether (sulfide) groups is 1. The van der Waals surface area contributed by atoms with Crippen LogP contribution in [0.4, 0.5) is 0 Å². The highest BCUT2D eigenvalue weighted by Crippen LogP contribution is 2.41. The summed E-state index contributed by atoms with van der Waals surface area (Å²) in [6.45, 7) is 6.78. The quantitative estimate of drug-likeness (QED) is 0.481. The third kappa shape index (κ3) is 5.39. The molecule has 0 fully saturated rings. The molecule has 0 aromatic heterocycles. The molecule has 2 aromatic carbocycles. The molecule has 0 bridgehead atoms. The van der Waals surface area contributed by atoms with Crippen LogP contribution in [0.2, 0.25) is 0 Å². The summed E-state index contributed by atoms with van der Waals surface area (Å²) in [4.78, 5) is 4.41. The van der Waals surface area contributed by atoms with Gasteiger partial charge in [0.1, 0.15) is 11.6 Å². The van der Waals surface area contributed by atoms with Gasteiger partial charge >= 0.3 is 0 Å². The second kappa shape index (κ2) is 10.8. The highest BCUT2D eigenvalue weighted by atomic mass is 32.2. The number of amidine groups is 1. The van der Waals surface area contributed by atoms with Gasteiger partial charge in [-0.3, -0.25) is 4.99 Å². The Balaban J connectivity index is 0.00000126. The summed E-state index contributed by atoms with van der Waals surface area (Å²) in [5.41, 5.74) is 10.5. The van der Waals surface area contributed by atoms with Crippen LogP contribution < -0.4 is 5.73 Å². The smallest absolute Gasteiger partial charge is 0.126 e. The van der Waals surface area contributed by atoms with Crippen LogP contribution in [-0.2, 0) is 5.75 Å². The summed E-state index contributed by atoms with van der Waals surface area (Å²) >= 11 is 1.84. The molecule has 1 aliphatic carbocycles. The van der Waals surface area contributed by atoms with Crippen LogP contribution in [0.1, 0.15) is 61.1 Å². The Labute approximate surface area is 167 Å². The van der Waals surface area contributed by atoms with Crippen molar-refractivity contribution in [3.8, 4) is 5.75 Å². The van der Waals surface area contributed by atoms with Crippen LogP contribution in [0.25, 0.3) is 6.08 Å². The highest BCUT2D eigenvalue weighted by molar-refractivity contribution is 7.98. The highest BCUT2D eigenvalue weighted by Gasteiger charge is 2.19. The van der Waals surface area contributed by atoms with E-state index in [-0.39, 0.29) is 0 Å². The number of hydrogen-bond acceptors (Lipinski definition) is 3. The van der Waals surface area contributed by atoms with Crippen molar-refractivity contribution < 1.29 is 5.11 Å². The lowest BCUT2D eigenvalue weighted by Crippen LogP contribution is -2.16. The first kappa shape index (κ1) is 21.1. The van der Waals surface area contributed by atoms with E-state index in [1.165, 1.54) is 11.1 Å². The molecule has 0 radical (unpaired) electrons. The Bertz CT molecular complexity index is 799. The van der Waals surface area contributed by atoms with Gasteiger partial charge in [-0.2, -0.15) is 0 Å². The molecule has 2 aromatic rings. The molecular formula is C23H30N2OS. The summed E-state index contributed by atoms with van der Waals surface area (Å²) in [6.07, 6.45) is 6.37. The Morgan fingerprint density at radius 2 is 1.96 bits per heavy atom. The molecule has 0 saturated carbocycles. The van der Waals surface area contributed by atoms with E-state index in [2.05, 4.69) is 48.3 Å². The summed E-state index contributed by atoms with van der Waals surface area (Å²) in [6, 6.07) is 14.0. The fourth-order valence-electron chi connectivity index (χ4n) is 3.03. The van der Waals surface area contributed by atoms with Crippen LogP contribution in [0, 0.1) is 0 Å². The number of nitrogens with zero attached hydrogens (tertiary/aromatic N) is 1. The lowest BCUT2D eigenvalue weighted by molar-refractivity contribution is 0.470. The van der Waals surface area contributed by atoms with E-state index in [1.807, 2.05) is 37.7 Å². The molecule has 1 atom stereocenters. The number of phenolic OH excluding ortho intramolecular Hbond substituents is 1. The van der Waals surface area contributed by atoms with Gasteiger partial charge in [-0.05, 0) is 30.0 Å². The minimum absolute atomic E-state index is 0.291. The molecule has 3 N–H and O–H groups in total. The lowest BCUT2D eigenvalue weighted by Gasteiger charge is -2.22. The van der Waals surface area contributed by atoms with Crippen molar-refractivity contribution in [2.45, 2.75) is 44.6 Å². The van der Waals surface area contributed by atoms with Crippen molar-refractivity contribution in [1.29, 1.82) is 0 Å². The van der Waals surface area contributed by atoms with E-state index >= 15 is 0 Å². The van der Waals surface area contributed by atoms with Crippen molar-refractivity contribution in [1.82, 2.24) is 0 Å². The number of allylic oxidation sites excluding steroid dienone is 1. The van der Waals surface area contributed by atoms with Crippen molar-refractivity contribution in [2.75, 3.05) is 6.54 Å². The third-order valence-electron chi connectivity index (χ3n) is 4.35. The minimum atomic E-state index is 0.291. The number of hydrogen-bond donors (Lipinski definition) is 2. The maximum atomic E-state index is 10.4. The Morgan fingerprint density at radius 1 is 1.19 bits per heavy atom. The molecule has 0 saturated heterocycles. The number of rotatable bonds is 6. The molecule has 144 valence electrons. The Kier molecular flexibility index (Phi) is 8.46. The van der Waals surface area contributed by atoms with Gasteiger partial charge in [-0.25, -0.2) is 0 Å². The molecule has 0 aliphatic heterocycles. The van der Waals surface area contributed by atoms with E-state index in [0.717, 1.165) is 24.0 Å². The van der Waals surface area contributed by atoms with Gasteiger partial charge in [-0.15, -0.1) is 11.8 Å². The fourth-order valence-corrected chi connectivity index (χ4v) is 4.34. The summed E-state index contributed by atoms with van der Waals surface area (Å²) in [7, 11) is 0. The zero-order chi connectivity index (χ0) is 19.6. The van der Waals surface area contributed by atoms with Crippen LogP contribution in [-0.4, -0.2) is 17.5 Å². The normalized spacial score (nSPS) is 15.7. The molecule has 0 spiro atoms. The van der Waals surface area contributed by atoms with Crippen LogP contribution in [0.15, 0.2) is 53.5 Å². The van der Waals surface area contributed by atoms with E-state index in [4.69, 9.17) is 5.73 Å². The van der Waals surface area contributed by atoms with Gasteiger partial charge in [0, 0.05) is 28.7 Å². The largest absolute Gasteiger partial charge is 0.508 e. The van der Waals surface area contributed by atoms with Crippen LogP contribution in [0.5, 0.6) is 5.75 Å². The first-order valence-electron chi connectivity index (χ1n) is 9.69. The van der Waals surface area contributed by atoms with Crippen molar-refractivity contribution in [3.63, 3.8) is 0 Å². The zero-order valence-corrected chi connectivity index (χ0v) is 17.3. The van der Waals surface area contributed by atoms with Gasteiger partial charge < -0.3 is 10.8 Å². The molecule has 1 aliphatic rings. The molecule has 3 nitrogen and oxygen atoms in total. The zero-order valence-electron chi connectivity index (χ0n) is 16.5. The standard InChI is InChI=1S/C21H24N2OS.C2H6/c1-2-13-23-21(22)17-10-6-11-19(24)18(17)14-25-20-12-5-8-15-7-3-4-9-16(15)20;1-2/h3-11,20,24H,2,12-14H2,1H3,(H2,22,23);1-2H3. The average Bonchev–Trinajstić information content (AvgIpc) is 2.72. The molecule has 1 unspecified atom stereocenters. The molecular weight excluding hydrogens is 352 g/mol. The maximum absolute atomic E-state index is 10.4. The Hall–Kier alpha value is -2.20. The topological polar surface area (TPSA) is 58.6 Å². The maximum Gasteiger partial charge on any atom is 0.126 e. The van der Waals surface area contributed by atoms with E-state index < -0.39 is 0 Å². The molecule has 27 heavy (non-hydrogen) atoms. The SMILES string of the molecule is CC.CCCN=C(N)c1cccc(O)c1CSC1CC=Cc2ccccc21. The molecule has 0 heterocycles.